The molecule has 148 valence electrons. The lowest BCUT2D eigenvalue weighted by Crippen LogP contribution is -2.45. The van der Waals surface area contributed by atoms with Gasteiger partial charge in [-0.05, 0) is 37.1 Å². The standard InChI is InChI=1S/C23H23N3O3/c1-15-13-20(25-23(28)29-14-17-7-4-3-5-8-17)22-18-9-6-12-24-19(18)10-11-21(22)26(15)16(2)27/h3-12,15,20H,13-14H2,1-2H3,(H,25,28). The number of anilines is 1. The first kappa shape index (κ1) is 18.9. The third-order valence-electron chi connectivity index (χ3n) is 5.27. The van der Waals surface area contributed by atoms with E-state index >= 15 is 0 Å². The fourth-order valence-electron chi connectivity index (χ4n) is 4.06. The first-order valence-corrected chi connectivity index (χ1v) is 9.69. The fraction of sp³-hybridized carbons (Fsp3) is 0.261. The van der Waals surface area contributed by atoms with Crippen LogP contribution in [0.15, 0.2) is 60.8 Å². The average molecular weight is 389 g/mol. The molecule has 0 aliphatic carbocycles. The maximum atomic E-state index is 12.5. The molecule has 0 spiro atoms. The number of fused-ring (bicyclic) bond motifs is 3. The van der Waals surface area contributed by atoms with Crippen molar-refractivity contribution in [2.75, 3.05) is 4.90 Å². The molecule has 2 heterocycles. The van der Waals surface area contributed by atoms with Crippen molar-refractivity contribution in [3.8, 4) is 0 Å². The first-order chi connectivity index (χ1) is 14.0. The number of alkyl carbamates (subject to hydrolysis) is 1. The maximum absolute atomic E-state index is 12.5. The van der Waals surface area contributed by atoms with Crippen molar-refractivity contribution in [2.45, 2.75) is 39.0 Å². The topological polar surface area (TPSA) is 71.5 Å². The molecule has 1 aliphatic heterocycles. The molecule has 0 saturated carbocycles. The summed E-state index contributed by atoms with van der Waals surface area (Å²) < 4.78 is 5.42. The lowest BCUT2D eigenvalue weighted by molar-refractivity contribution is -0.117. The van der Waals surface area contributed by atoms with Crippen LogP contribution < -0.4 is 10.2 Å². The Labute approximate surface area is 169 Å². The number of carbonyl (C=O) groups is 2. The molecule has 2 unspecified atom stereocenters. The van der Waals surface area contributed by atoms with E-state index in [0.29, 0.717) is 6.42 Å². The van der Waals surface area contributed by atoms with Gasteiger partial charge in [-0.3, -0.25) is 9.78 Å². The van der Waals surface area contributed by atoms with E-state index in [1.807, 2.05) is 61.5 Å². The molecule has 6 nitrogen and oxygen atoms in total. The van der Waals surface area contributed by atoms with Gasteiger partial charge in [0, 0.05) is 35.8 Å². The van der Waals surface area contributed by atoms with Crippen molar-refractivity contribution >= 4 is 28.6 Å². The van der Waals surface area contributed by atoms with Crippen molar-refractivity contribution < 1.29 is 14.3 Å². The largest absolute Gasteiger partial charge is 0.445 e. The van der Waals surface area contributed by atoms with Crippen LogP contribution in [0.4, 0.5) is 10.5 Å². The smallest absolute Gasteiger partial charge is 0.407 e. The van der Waals surface area contributed by atoms with Gasteiger partial charge in [0.1, 0.15) is 6.61 Å². The van der Waals surface area contributed by atoms with Gasteiger partial charge in [0.2, 0.25) is 5.91 Å². The lowest BCUT2D eigenvalue weighted by Gasteiger charge is -2.39. The molecule has 0 bridgehead atoms. The van der Waals surface area contributed by atoms with E-state index in [1.165, 1.54) is 0 Å². The van der Waals surface area contributed by atoms with E-state index in [4.69, 9.17) is 4.74 Å². The van der Waals surface area contributed by atoms with Crippen LogP contribution in [0.1, 0.15) is 37.4 Å². The Morgan fingerprint density at radius 2 is 1.93 bits per heavy atom. The van der Waals surface area contributed by atoms with Crippen LogP contribution >= 0.6 is 0 Å². The van der Waals surface area contributed by atoms with Crippen molar-refractivity contribution in [2.24, 2.45) is 0 Å². The molecule has 0 radical (unpaired) electrons. The van der Waals surface area contributed by atoms with Crippen molar-refractivity contribution in [3.63, 3.8) is 0 Å². The van der Waals surface area contributed by atoms with Crippen molar-refractivity contribution in [1.82, 2.24) is 10.3 Å². The second-order valence-electron chi connectivity index (χ2n) is 7.30. The highest BCUT2D eigenvalue weighted by atomic mass is 16.5. The average Bonchev–Trinajstić information content (AvgIpc) is 2.72. The van der Waals surface area contributed by atoms with Gasteiger partial charge in [-0.1, -0.05) is 36.4 Å². The minimum atomic E-state index is -0.478. The van der Waals surface area contributed by atoms with Crippen LogP contribution in [-0.4, -0.2) is 23.0 Å². The summed E-state index contributed by atoms with van der Waals surface area (Å²) in [6, 6.07) is 16.9. The summed E-state index contributed by atoms with van der Waals surface area (Å²) in [7, 11) is 0. The maximum Gasteiger partial charge on any atom is 0.407 e. The molecule has 4 rings (SSSR count). The molecule has 29 heavy (non-hydrogen) atoms. The molecule has 6 heteroatoms. The molecule has 2 amide bonds. The molecule has 2 aromatic carbocycles. The van der Waals surface area contributed by atoms with E-state index in [9.17, 15) is 9.59 Å². The zero-order chi connectivity index (χ0) is 20.4. The van der Waals surface area contributed by atoms with Gasteiger partial charge in [0.05, 0.1) is 11.6 Å². The molecule has 1 N–H and O–H groups in total. The van der Waals surface area contributed by atoms with E-state index in [2.05, 4.69) is 10.3 Å². The Balaban J connectivity index is 1.64. The molecule has 3 aromatic rings. The fourth-order valence-corrected chi connectivity index (χ4v) is 4.06. The van der Waals surface area contributed by atoms with E-state index in [0.717, 1.165) is 27.7 Å². The molecule has 1 aliphatic rings. The number of benzene rings is 2. The molecular weight excluding hydrogens is 366 g/mol. The van der Waals surface area contributed by atoms with Crippen LogP contribution in [-0.2, 0) is 16.1 Å². The summed E-state index contributed by atoms with van der Waals surface area (Å²) in [5.41, 5.74) is 3.47. The monoisotopic (exact) mass is 389 g/mol. The Hall–Kier alpha value is -3.41. The lowest BCUT2D eigenvalue weighted by atomic mass is 9.89. The predicted molar refractivity (Wildman–Crippen MR) is 111 cm³/mol. The summed E-state index contributed by atoms with van der Waals surface area (Å²) in [5.74, 6) is -0.0212. The van der Waals surface area contributed by atoms with Crippen LogP contribution in [0.5, 0.6) is 0 Å². The number of rotatable bonds is 3. The second kappa shape index (κ2) is 7.91. The Morgan fingerprint density at radius 1 is 1.14 bits per heavy atom. The second-order valence-corrected chi connectivity index (χ2v) is 7.30. The van der Waals surface area contributed by atoms with Gasteiger partial charge in [0.15, 0.2) is 0 Å². The van der Waals surface area contributed by atoms with Gasteiger partial charge < -0.3 is 15.0 Å². The number of nitrogens with zero attached hydrogens (tertiary/aromatic N) is 2. The number of pyridine rings is 1. The number of ether oxygens (including phenoxy) is 1. The number of amides is 2. The third-order valence-corrected chi connectivity index (χ3v) is 5.27. The van der Waals surface area contributed by atoms with Crippen molar-refractivity contribution in [3.05, 3.63) is 71.9 Å². The molecule has 1 aromatic heterocycles. The quantitative estimate of drug-likeness (QED) is 0.723. The van der Waals surface area contributed by atoms with E-state index in [1.54, 1.807) is 18.0 Å². The minimum absolute atomic E-state index is 0.0212. The normalized spacial score (nSPS) is 18.2. The summed E-state index contributed by atoms with van der Waals surface area (Å²) >= 11 is 0. The molecule has 0 fully saturated rings. The van der Waals surface area contributed by atoms with Gasteiger partial charge in [0.25, 0.3) is 0 Å². The van der Waals surface area contributed by atoms with E-state index < -0.39 is 6.09 Å². The zero-order valence-electron chi connectivity index (χ0n) is 16.5. The first-order valence-electron chi connectivity index (χ1n) is 9.69. The van der Waals surface area contributed by atoms with Crippen LogP contribution in [0, 0.1) is 0 Å². The number of aromatic nitrogens is 1. The molecule has 2 atom stereocenters. The van der Waals surface area contributed by atoms with Crippen molar-refractivity contribution in [1.29, 1.82) is 0 Å². The van der Waals surface area contributed by atoms with E-state index in [-0.39, 0.29) is 24.6 Å². The predicted octanol–water partition coefficient (Wildman–Crippen LogP) is 4.35. The molecule has 0 saturated heterocycles. The summed E-state index contributed by atoms with van der Waals surface area (Å²) in [5, 5.41) is 3.93. The Kier molecular flexibility index (Phi) is 5.16. The zero-order valence-corrected chi connectivity index (χ0v) is 16.5. The SMILES string of the molecule is CC(=O)N1c2ccc3ncccc3c2C(NC(=O)OCc2ccccc2)CC1C. The number of carbonyl (C=O) groups excluding carboxylic acids is 2. The summed E-state index contributed by atoms with van der Waals surface area (Å²) in [6.45, 7) is 3.76. The minimum Gasteiger partial charge on any atom is -0.445 e. The van der Waals surface area contributed by atoms with Crippen LogP contribution in [0.3, 0.4) is 0 Å². The number of nitrogens with one attached hydrogen (secondary N) is 1. The Morgan fingerprint density at radius 3 is 2.69 bits per heavy atom. The summed E-state index contributed by atoms with van der Waals surface area (Å²) in [4.78, 5) is 31.0. The molecular formula is C23H23N3O3. The van der Waals surface area contributed by atoms with Crippen LogP contribution in [0.2, 0.25) is 0 Å². The van der Waals surface area contributed by atoms with Crippen LogP contribution in [0.25, 0.3) is 10.9 Å². The third kappa shape index (κ3) is 3.78. The van der Waals surface area contributed by atoms with Gasteiger partial charge >= 0.3 is 6.09 Å². The van der Waals surface area contributed by atoms with Gasteiger partial charge in [-0.25, -0.2) is 4.79 Å². The summed E-state index contributed by atoms with van der Waals surface area (Å²) in [6.07, 6.45) is 1.86. The Bertz CT molecular complexity index is 1050. The van der Waals surface area contributed by atoms with Gasteiger partial charge in [-0.15, -0.1) is 0 Å². The number of hydrogen-bond acceptors (Lipinski definition) is 4. The highest BCUT2D eigenvalue weighted by Gasteiger charge is 2.34. The highest BCUT2D eigenvalue weighted by Crippen LogP contribution is 2.41. The highest BCUT2D eigenvalue weighted by molar-refractivity contribution is 5.98. The number of hydrogen-bond donors (Lipinski definition) is 1. The van der Waals surface area contributed by atoms with Gasteiger partial charge in [-0.2, -0.15) is 0 Å².